The molecule has 0 spiro atoms. The van der Waals surface area contributed by atoms with Gasteiger partial charge in [0, 0.05) is 0 Å². The van der Waals surface area contributed by atoms with Crippen LogP contribution in [0, 0.1) is 0 Å². The third-order valence-corrected chi connectivity index (χ3v) is 3.48. The predicted molar refractivity (Wildman–Crippen MR) is 57.1 cm³/mol. The van der Waals surface area contributed by atoms with Gasteiger partial charge in [0.1, 0.15) is 11.9 Å². The Bertz CT molecular complexity index is 471. The largest absolute Gasteiger partial charge is 0.497 e. The summed E-state index contributed by atoms with van der Waals surface area (Å²) in [5.41, 5.74) is 6.60. The average molecular weight is 219 g/mol. The van der Waals surface area contributed by atoms with Crippen molar-refractivity contribution < 1.29 is 14.3 Å². The molecule has 0 aromatic heterocycles. The van der Waals surface area contributed by atoms with Gasteiger partial charge in [0.25, 0.3) is 5.91 Å². The first-order chi connectivity index (χ1) is 7.68. The van der Waals surface area contributed by atoms with Crippen LogP contribution in [0.25, 0.3) is 0 Å². The molecule has 1 heterocycles. The second kappa shape index (κ2) is 2.98. The summed E-state index contributed by atoms with van der Waals surface area (Å²) < 4.78 is 10.7. The number of fused-ring (bicyclic) bond motifs is 3. The van der Waals surface area contributed by atoms with Gasteiger partial charge >= 0.3 is 0 Å². The summed E-state index contributed by atoms with van der Waals surface area (Å²) in [6.07, 6.45) is 1.74. The summed E-state index contributed by atoms with van der Waals surface area (Å²) in [7, 11) is 1.63. The van der Waals surface area contributed by atoms with E-state index in [1.807, 2.05) is 18.2 Å². The van der Waals surface area contributed by atoms with Crippen LogP contribution in [-0.4, -0.2) is 19.1 Å². The smallest absolute Gasteiger partial charge is 0.257 e. The zero-order valence-electron chi connectivity index (χ0n) is 9.03. The highest BCUT2D eigenvalue weighted by Crippen LogP contribution is 2.53. The van der Waals surface area contributed by atoms with Gasteiger partial charge in [0.15, 0.2) is 5.60 Å². The Kier molecular flexibility index (Phi) is 1.80. The lowest BCUT2D eigenvalue weighted by Gasteiger charge is -2.19. The summed E-state index contributed by atoms with van der Waals surface area (Å²) in [6, 6.07) is 5.68. The minimum atomic E-state index is -0.847. The quantitative estimate of drug-likeness (QED) is 0.745. The number of epoxide rings is 1. The summed E-state index contributed by atoms with van der Waals surface area (Å²) in [6.45, 7) is 0. The van der Waals surface area contributed by atoms with Crippen molar-refractivity contribution in [3.05, 3.63) is 29.3 Å². The molecule has 2 N–H and O–H groups in total. The fourth-order valence-corrected chi connectivity index (χ4v) is 2.59. The maximum Gasteiger partial charge on any atom is 0.257 e. The molecule has 2 unspecified atom stereocenters. The van der Waals surface area contributed by atoms with Crippen molar-refractivity contribution >= 4 is 5.91 Å². The number of nitrogens with two attached hydrogens (primary N) is 1. The van der Waals surface area contributed by atoms with Gasteiger partial charge in [-0.1, -0.05) is 6.07 Å². The van der Waals surface area contributed by atoms with Crippen LogP contribution in [-0.2, 0) is 21.6 Å². The second-order valence-corrected chi connectivity index (χ2v) is 4.27. The predicted octanol–water partition coefficient (Wildman–Crippen LogP) is 0.721. The average Bonchev–Trinajstić information content (AvgIpc) is 3.04. The third kappa shape index (κ3) is 1.05. The molecule has 16 heavy (non-hydrogen) atoms. The van der Waals surface area contributed by atoms with Crippen LogP contribution in [0.4, 0.5) is 0 Å². The Morgan fingerprint density at radius 2 is 2.44 bits per heavy atom. The van der Waals surface area contributed by atoms with Gasteiger partial charge in [-0.05, 0) is 36.1 Å². The molecule has 0 bridgehead atoms. The minimum Gasteiger partial charge on any atom is -0.497 e. The summed E-state index contributed by atoms with van der Waals surface area (Å²) in [4.78, 5) is 11.5. The van der Waals surface area contributed by atoms with Crippen LogP contribution in [0.3, 0.4) is 0 Å². The van der Waals surface area contributed by atoms with E-state index in [0.717, 1.165) is 29.7 Å². The zero-order valence-corrected chi connectivity index (χ0v) is 9.03. The third-order valence-electron chi connectivity index (χ3n) is 3.48. The van der Waals surface area contributed by atoms with Crippen molar-refractivity contribution in [2.45, 2.75) is 24.5 Å². The molecule has 1 fully saturated rings. The van der Waals surface area contributed by atoms with Crippen LogP contribution in [0.1, 0.15) is 17.5 Å². The number of rotatable bonds is 2. The van der Waals surface area contributed by atoms with Crippen molar-refractivity contribution in [2.24, 2.45) is 5.73 Å². The Labute approximate surface area is 93.3 Å². The Balaban J connectivity index is 2.11. The molecule has 2 atom stereocenters. The summed E-state index contributed by atoms with van der Waals surface area (Å²) >= 11 is 0. The lowest BCUT2D eigenvalue weighted by atomic mass is 9.82. The summed E-state index contributed by atoms with van der Waals surface area (Å²) in [5, 5.41) is 0. The number of carbonyl (C=O) groups excluding carboxylic acids is 1. The number of hydrogen-bond donors (Lipinski definition) is 1. The van der Waals surface area contributed by atoms with E-state index in [1.54, 1.807) is 7.11 Å². The molecule has 1 aromatic rings. The number of aryl methyl sites for hydroxylation is 1. The van der Waals surface area contributed by atoms with Crippen molar-refractivity contribution in [1.82, 2.24) is 0 Å². The number of amides is 1. The van der Waals surface area contributed by atoms with E-state index in [2.05, 4.69) is 0 Å². The molecule has 84 valence electrons. The molecular formula is C12H13NO3. The Morgan fingerprint density at radius 3 is 3.12 bits per heavy atom. The van der Waals surface area contributed by atoms with E-state index in [1.165, 1.54) is 0 Å². The van der Waals surface area contributed by atoms with Gasteiger partial charge < -0.3 is 15.2 Å². The molecule has 1 amide bonds. The maximum absolute atomic E-state index is 11.5. The number of hydrogen-bond acceptors (Lipinski definition) is 3. The molecule has 3 rings (SSSR count). The normalized spacial score (nSPS) is 30.2. The number of carbonyl (C=O) groups is 1. The van der Waals surface area contributed by atoms with Crippen molar-refractivity contribution in [3.8, 4) is 5.75 Å². The highest BCUT2D eigenvalue weighted by Gasteiger charge is 2.64. The molecule has 1 aliphatic carbocycles. The van der Waals surface area contributed by atoms with Crippen LogP contribution in [0.15, 0.2) is 18.2 Å². The molecule has 2 aliphatic rings. The fraction of sp³-hybridized carbons (Fsp3) is 0.417. The van der Waals surface area contributed by atoms with Crippen molar-refractivity contribution in [1.29, 1.82) is 0 Å². The first-order valence-corrected chi connectivity index (χ1v) is 5.33. The molecule has 1 saturated heterocycles. The molecule has 1 aromatic carbocycles. The first-order valence-electron chi connectivity index (χ1n) is 5.33. The van der Waals surface area contributed by atoms with E-state index in [4.69, 9.17) is 15.2 Å². The lowest BCUT2D eigenvalue weighted by Crippen LogP contribution is -2.35. The van der Waals surface area contributed by atoms with Crippen LogP contribution >= 0.6 is 0 Å². The maximum atomic E-state index is 11.5. The molecular weight excluding hydrogens is 206 g/mol. The van der Waals surface area contributed by atoms with Gasteiger partial charge in [0.2, 0.25) is 0 Å². The van der Waals surface area contributed by atoms with Crippen LogP contribution in [0.2, 0.25) is 0 Å². The zero-order chi connectivity index (χ0) is 11.3. The molecule has 0 saturated carbocycles. The van der Waals surface area contributed by atoms with E-state index in [-0.39, 0.29) is 12.0 Å². The van der Waals surface area contributed by atoms with Gasteiger partial charge in [-0.2, -0.15) is 0 Å². The Hall–Kier alpha value is -1.55. The van der Waals surface area contributed by atoms with Gasteiger partial charge in [0.05, 0.1) is 7.11 Å². The minimum absolute atomic E-state index is 0.0223. The molecule has 0 radical (unpaired) electrons. The highest BCUT2D eigenvalue weighted by molar-refractivity contribution is 5.89. The Morgan fingerprint density at radius 1 is 1.62 bits per heavy atom. The topological polar surface area (TPSA) is 64.8 Å². The monoisotopic (exact) mass is 219 g/mol. The van der Waals surface area contributed by atoms with E-state index in [0.29, 0.717) is 0 Å². The van der Waals surface area contributed by atoms with Crippen LogP contribution in [0.5, 0.6) is 5.75 Å². The fourth-order valence-electron chi connectivity index (χ4n) is 2.59. The number of primary amides is 1. The van der Waals surface area contributed by atoms with E-state index >= 15 is 0 Å². The van der Waals surface area contributed by atoms with Gasteiger partial charge in [-0.3, -0.25) is 4.79 Å². The van der Waals surface area contributed by atoms with E-state index in [9.17, 15) is 4.79 Å². The van der Waals surface area contributed by atoms with Crippen LogP contribution < -0.4 is 10.5 Å². The number of benzene rings is 1. The number of ether oxygens (including phenoxy) is 2. The van der Waals surface area contributed by atoms with E-state index < -0.39 is 5.60 Å². The number of methoxy groups -OCH3 is 1. The van der Waals surface area contributed by atoms with Gasteiger partial charge in [-0.15, -0.1) is 0 Å². The second-order valence-electron chi connectivity index (χ2n) is 4.27. The summed E-state index contributed by atoms with van der Waals surface area (Å²) in [5.74, 6) is 0.418. The lowest BCUT2D eigenvalue weighted by molar-refractivity contribution is -0.123. The standard InChI is InChI=1S/C12H13NO3/c1-15-8-3-4-9-7(6-8)2-5-10-12(9,16-10)11(13)14/h3-4,6,10H,2,5H2,1H3,(H2,13,14). The molecule has 1 aliphatic heterocycles. The molecule has 4 nitrogen and oxygen atoms in total. The highest BCUT2D eigenvalue weighted by atomic mass is 16.6. The SMILES string of the molecule is COc1ccc2c(c1)CCC1OC21C(N)=O. The van der Waals surface area contributed by atoms with Crippen molar-refractivity contribution in [2.75, 3.05) is 7.11 Å². The first kappa shape index (κ1) is 9.66. The van der Waals surface area contributed by atoms with Crippen molar-refractivity contribution in [3.63, 3.8) is 0 Å². The molecule has 4 heteroatoms. The van der Waals surface area contributed by atoms with Gasteiger partial charge in [-0.25, -0.2) is 0 Å².